The molecular weight excluding hydrogens is 346 g/mol. The Morgan fingerprint density at radius 3 is 2.81 bits per heavy atom. The molecule has 26 heavy (non-hydrogen) atoms. The summed E-state index contributed by atoms with van der Waals surface area (Å²) in [7, 11) is -1.32. The van der Waals surface area contributed by atoms with Crippen molar-refractivity contribution in [2.45, 2.75) is 24.5 Å². The van der Waals surface area contributed by atoms with Gasteiger partial charge in [0.2, 0.25) is 0 Å². The summed E-state index contributed by atoms with van der Waals surface area (Å²) >= 11 is 0. The van der Waals surface area contributed by atoms with Crippen LogP contribution in [0, 0.1) is 6.92 Å². The van der Waals surface area contributed by atoms with Gasteiger partial charge in [-0.05, 0) is 36.8 Å². The van der Waals surface area contributed by atoms with Crippen molar-refractivity contribution in [3.8, 4) is 0 Å². The summed E-state index contributed by atoms with van der Waals surface area (Å²) in [5.41, 5.74) is 5.34. The van der Waals surface area contributed by atoms with Gasteiger partial charge in [-0.2, -0.15) is 0 Å². The molecule has 2 aliphatic heterocycles. The van der Waals surface area contributed by atoms with Crippen molar-refractivity contribution in [1.82, 2.24) is 10.2 Å². The highest BCUT2D eigenvalue weighted by atomic mass is 32.2. The van der Waals surface area contributed by atoms with Crippen LogP contribution in [0.15, 0.2) is 53.4 Å². The molecule has 2 aliphatic rings. The van der Waals surface area contributed by atoms with E-state index >= 15 is 0 Å². The van der Waals surface area contributed by atoms with Gasteiger partial charge in [0.05, 0.1) is 10.6 Å². The molecule has 0 fully saturated rings. The number of nitrogens with zero attached hydrogens (tertiary/aromatic N) is 1. The summed E-state index contributed by atoms with van der Waals surface area (Å²) in [6.07, 6.45) is 2.08. The fourth-order valence-corrected chi connectivity index (χ4v) is 5.20. The van der Waals surface area contributed by atoms with Crippen molar-refractivity contribution < 1.29 is 8.42 Å². The molecule has 0 aliphatic carbocycles. The van der Waals surface area contributed by atoms with E-state index in [0.717, 1.165) is 22.5 Å². The standard InChI is InChI=1S/C20H23N3O2S/c1-14-7-8-17-16(11-14)18(21-2)12-20(22-17)23-9-10-26(24,25)19-6-4-3-5-15(19)13-23/h3-8,11-12,20-22H,9-10,13H2,1-2H3. The van der Waals surface area contributed by atoms with E-state index in [0.29, 0.717) is 18.0 Å². The third-order valence-electron chi connectivity index (χ3n) is 5.08. The Kier molecular flexibility index (Phi) is 4.25. The maximum atomic E-state index is 12.6. The van der Waals surface area contributed by atoms with Crippen LogP contribution in [0.25, 0.3) is 5.70 Å². The van der Waals surface area contributed by atoms with E-state index in [2.05, 4.69) is 46.7 Å². The third-order valence-corrected chi connectivity index (χ3v) is 6.87. The van der Waals surface area contributed by atoms with E-state index in [9.17, 15) is 8.42 Å². The average molecular weight is 369 g/mol. The van der Waals surface area contributed by atoms with Crippen LogP contribution in [0.3, 0.4) is 0 Å². The summed E-state index contributed by atoms with van der Waals surface area (Å²) < 4.78 is 25.2. The lowest BCUT2D eigenvalue weighted by atomic mass is 10.0. The van der Waals surface area contributed by atoms with E-state index in [1.165, 1.54) is 5.56 Å². The molecule has 6 heteroatoms. The van der Waals surface area contributed by atoms with Gasteiger partial charge in [0.15, 0.2) is 9.84 Å². The van der Waals surface area contributed by atoms with Crippen LogP contribution in [-0.4, -0.2) is 38.8 Å². The first-order valence-electron chi connectivity index (χ1n) is 8.80. The number of aryl methyl sites for hydroxylation is 1. The Balaban J connectivity index is 1.70. The monoisotopic (exact) mass is 369 g/mol. The quantitative estimate of drug-likeness (QED) is 0.852. The summed E-state index contributed by atoms with van der Waals surface area (Å²) in [4.78, 5) is 2.65. The number of rotatable bonds is 2. The van der Waals surface area contributed by atoms with Crippen molar-refractivity contribution in [3.05, 3.63) is 65.2 Å². The highest BCUT2D eigenvalue weighted by molar-refractivity contribution is 7.91. The van der Waals surface area contributed by atoms with E-state index in [1.54, 1.807) is 12.1 Å². The molecular formula is C20H23N3O2S. The molecule has 2 aromatic rings. The first kappa shape index (κ1) is 17.1. The number of hydrogen-bond donors (Lipinski definition) is 2. The first-order chi connectivity index (χ1) is 12.5. The zero-order valence-corrected chi connectivity index (χ0v) is 15.8. The third kappa shape index (κ3) is 2.99. The van der Waals surface area contributed by atoms with Gasteiger partial charge < -0.3 is 10.6 Å². The minimum absolute atomic E-state index is 0.0611. The van der Waals surface area contributed by atoms with Crippen LogP contribution in [0.5, 0.6) is 0 Å². The molecule has 136 valence electrons. The van der Waals surface area contributed by atoms with Crippen molar-refractivity contribution in [1.29, 1.82) is 0 Å². The van der Waals surface area contributed by atoms with Gasteiger partial charge in [-0.1, -0.05) is 29.8 Å². The maximum absolute atomic E-state index is 12.6. The molecule has 4 rings (SSSR count). The number of anilines is 1. The second-order valence-corrected chi connectivity index (χ2v) is 8.94. The average Bonchev–Trinajstić information content (AvgIpc) is 2.77. The predicted molar refractivity (Wildman–Crippen MR) is 105 cm³/mol. The van der Waals surface area contributed by atoms with Crippen LogP contribution in [0.4, 0.5) is 5.69 Å². The van der Waals surface area contributed by atoms with Gasteiger partial charge in [0.25, 0.3) is 0 Å². The summed E-state index contributed by atoms with van der Waals surface area (Å²) in [6.45, 7) is 3.17. The highest BCUT2D eigenvalue weighted by Crippen LogP contribution is 2.31. The summed E-state index contributed by atoms with van der Waals surface area (Å²) in [5.74, 6) is 0.131. The number of nitrogens with one attached hydrogen (secondary N) is 2. The van der Waals surface area contributed by atoms with E-state index in [1.807, 2.05) is 19.2 Å². The van der Waals surface area contributed by atoms with Gasteiger partial charge >= 0.3 is 0 Å². The fraction of sp³-hybridized carbons (Fsp3) is 0.300. The highest BCUT2D eigenvalue weighted by Gasteiger charge is 2.30. The normalized spacial score (nSPS) is 21.6. The van der Waals surface area contributed by atoms with Crippen LogP contribution in [-0.2, 0) is 16.4 Å². The van der Waals surface area contributed by atoms with Gasteiger partial charge in [0, 0.05) is 37.1 Å². The zero-order chi connectivity index (χ0) is 18.3. The molecule has 1 unspecified atom stereocenters. The summed E-state index contributed by atoms with van der Waals surface area (Å²) in [5, 5.41) is 6.84. The van der Waals surface area contributed by atoms with E-state index in [4.69, 9.17) is 0 Å². The number of benzene rings is 2. The van der Waals surface area contributed by atoms with Crippen molar-refractivity contribution >= 4 is 21.2 Å². The van der Waals surface area contributed by atoms with Crippen LogP contribution < -0.4 is 10.6 Å². The lowest BCUT2D eigenvalue weighted by Gasteiger charge is -2.34. The molecule has 2 heterocycles. The Morgan fingerprint density at radius 2 is 2.00 bits per heavy atom. The van der Waals surface area contributed by atoms with Crippen molar-refractivity contribution in [2.24, 2.45) is 0 Å². The minimum atomic E-state index is -3.24. The Labute approximate surface area is 154 Å². The second-order valence-electron chi connectivity index (χ2n) is 6.87. The molecule has 0 bridgehead atoms. The Morgan fingerprint density at radius 1 is 1.19 bits per heavy atom. The SMILES string of the molecule is CNC1=CC(N2CCS(=O)(=O)c3ccccc3C2)Nc2ccc(C)cc21. The Bertz CT molecular complexity index is 982. The van der Waals surface area contributed by atoms with E-state index < -0.39 is 9.84 Å². The van der Waals surface area contributed by atoms with Crippen molar-refractivity contribution in [3.63, 3.8) is 0 Å². The number of fused-ring (bicyclic) bond motifs is 2. The van der Waals surface area contributed by atoms with Gasteiger partial charge in [-0.15, -0.1) is 0 Å². The first-order valence-corrected chi connectivity index (χ1v) is 10.4. The molecule has 0 saturated heterocycles. The lowest BCUT2D eigenvalue weighted by molar-refractivity contribution is 0.252. The second kappa shape index (κ2) is 6.45. The van der Waals surface area contributed by atoms with Crippen molar-refractivity contribution in [2.75, 3.05) is 24.7 Å². The Hall–Kier alpha value is -2.31. The summed E-state index contributed by atoms with van der Waals surface area (Å²) in [6, 6.07) is 13.7. The minimum Gasteiger partial charge on any atom is -0.388 e. The predicted octanol–water partition coefficient (Wildman–Crippen LogP) is 2.60. The molecule has 2 aromatic carbocycles. The zero-order valence-electron chi connectivity index (χ0n) is 15.0. The van der Waals surface area contributed by atoms with Gasteiger partial charge in [-0.25, -0.2) is 8.42 Å². The molecule has 0 aromatic heterocycles. The van der Waals surface area contributed by atoms with Crippen LogP contribution >= 0.6 is 0 Å². The molecule has 0 amide bonds. The smallest absolute Gasteiger partial charge is 0.179 e. The molecule has 5 nitrogen and oxygen atoms in total. The van der Waals surface area contributed by atoms with E-state index in [-0.39, 0.29) is 11.9 Å². The molecule has 0 radical (unpaired) electrons. The number of sulfone groups is 1. The lowest BCUT2D eigenvalue weighted by Crippen LogP contribution is -2.42. The largest absolute Gasteiger partial charge is 0.388 e. The van der Waals surface area contributed by atoms with Gasteiger partial charge in [0.1, 0.15) is 6.17 Å². The molecule has 1 atom stereocenters. The van der Waals surface area contributed by atoms with Crippen LogP contribution in [0.1, 0.15) is 16.7 Å². The molecule has 0 saturated carbocycles. The number of hydrogen-bond acceptors (Lipinski definition) is 5. The molecule has 2 N–H and O–H groups in total. The fourth-order valence-electron chi connectivity index (χ4n) is 3.69. The van der Waals surface area contributed by atoms with Gasteiger partial charge in [-0.3, -0.25) is 4.90 Å². The van der Waals surface area contributed by atoms with Crippen LogP contribution in [0.2, 0.25) is 0 Å². The maximum Gasteiger partial charge on any atom is 0.179 e. The molecule has 0 spiro atoms. The topological polar surface area (TPSA) is 61.4 Å².